The molecule has 0 spiro atoms. The van der Waals surface area contributed by atoms with Crippen molar-refractivity contribution >= 4 is 7.98 Å². The Hall–Kier alpha value is -0.0451. The van der Waals surface area contributed by atoms with E-state index in [1.54, 1.807) is 0 Å². The summed E-state index contributed by atoms with van der Waals surface area (Å²) in [6.45, 7) is 1.86. The molecule has 46 valence electrons. The Morgan fingerprint density at radius 3 is 2.25 bits per heavy atom. The lowest BCUT2D eigenvalue weighted by Crippen LogP contribution is -2.31. The fourth-order valence-corrected chi connectivity index (χ4v) is 0.977. The highest BCUT2D eigenvalue weighted by molar-refractivity contribution is 6.04. The fourth-order valence-electron chi connectivity index (χ4n) is 0.977. The van der Waals surface area contributed by atoms with Gasteiger partial charge in [0, 0.05) is 0 Å². The van der Waals surface area contributed by atoms with Crippen molar-refractivity contribution in [1.82, 2.24) is 4.81 Å². The van der Waals surface area contributed by atoms with E-state index in [1.807, 2.05) is 7.98 Å². The van der Waals surface area contributed by atoms with Crippen LogP contribution in [0, 0.1) is 0 Å². The molecule has 0 radical (unpaired) electrons. The highest BCUT2D eigenvalue weighted by Gasteiger charge is 2.13. The molecule has 3 heteroatoms. The minimum atomic E-state index is -0.522. The van der Waals surface area contributed by atoms with Crippen LogP contribution < -0.4 is 0 Å². The SMILES string of the molecule is BN1CCC(F)CC1. The number of halogens is 1. The highest BCUT2D eigenvalue weighted by atomic mass is 19.1. The fraction of sp³-hybridized carbons (Fsp3) is 1.00. The molecule has 1 aliphatic heterocycles. The van der Waals surface area contributed by atoms with E-state index in [1.165, 1.54) is 0 Å². The number of rotatable bonds is 0. The van der Waals surface area contributed by atoms with Crippen molar-refractivity contribution < 1.29 is 4.39 Å². The van der Waals surface area contributed by atoms with E-state index in [2.05, 4.69) is 4.81 Å². The second-order valence-corrected chi connectivity index (χ2v) is 2.48. The Morgan fingerprint density at radius 1 is 1.38 bits per heavy atom. The first-order chi connectivity index (χ1) is 3.79. The molecule has 0 aromatic carbocycles. The molecule has 8 heavy (non-hydrogen) atoms. The molecule has 1 heterocycles. The lowest BCUT2D eigenvalue weighted by Gasteiger charge is -2.24. The van der Waals surface area contributed by atoms with Crippen LogP contribution in [0.25, 0.3) is 0 Å². The van der Waals surface area contributed by atoms with Gasteiger partial charge in [-0.15, -0.1) is 0 Å². The van der Waals surface area contributed by atoms with Gasteiger partial charge in [-0.3, -0.25) is 0 Å². The summed E-state index contributed by atoms with van der Waals surface area (Å²) in [6, 6.07) is 0. The summed E-state index contributed by atoms with van der Waals surface area (Å²) in [4.78, 5) is 2.16. The van der Waals surface area contributed by atoms with E-state index in [4.69, 9.17) is 0 Å². The van der Waals surface area contributed by atoms with Crippen molar-refractivity contribution in [2.45, 2.75) is 19.0 Å². The summed E-state index contributed by atoms with van der Waals surface area (Å²) in [5, 5.41) is 0. The van der Waals surface area contributed by atoms with Gasteiger partial charge in [0.15, 0.2) is 7.98 Å². The number of nitrogens with zero attached hydrogens (tertiary/aromatic N) is 1. The molecule has 0 aliphatic carbocycles. The van der Waals surface area contributed by atoms with Gasteiger partial charge in [0.25, 0.3) is 0 Å². The third-order valence-electron chi connectivity index (χ3n) is 1.65. The number of hydrogen-bond donors (Lipinski definition) is 0. The average Bonchev–Trinajstić information content (AvgIpc) is 1.77. The van der Waals surface area contributed by atoms with Gasteiger partial charge in [0.2, 0.25) is 0 Å². The van der Waals surface area contributed by atoms with Crippen LogP contribution in [-0.2, 0) is 0 Å². The van der Waals surface area contributed by atoms with Crippen LogP contribution in [0.3, 0.4) is 0 Å². The van der Waals surface area contributed by atoms with Gasteiger partial charge in [0.05, 0.1) is 0 Å². The molecule has 0 atom stereocenters. The second kappa shape index (κ2) is 2.49. The molecule has 0 N–H and O–H groups in total. The summed E-state index contributed by atoms with van der Waals surface area (Å²) in [6.07, 6.45) is 0.943. The van der Waals surface area contributed by atoms with Gasteiger partial charge in [-0.05, 0) is 25.9 Å². The molecule has 0 bridgehead atoms. The maximum absolute atomic E-state index is 12.3. The minimum absolute atomic E-state index is 0.522. The quantitative estimate of drug-likeness (QED) is 0.400. The molecule has 1 fully saturated rings. The predicted octanol–water partition coefficient (Wildman–Crippen LogP) is -0.0316. The smallest absolute Gasteiger partial charge is 0.185 e. The summed E-state index contributed by atoms with van der Waals surface area (Å²) >= 11 is 0. The molecule has 0 aromatic heterocycles. The first-order valence-corrected chi connectivity index (χ1v) is 3.11. The van der Waals surface area contributed by atoms with E-state index in [0.29, 0.717) is 0 Å². The van der Waals surface area contributed by atoms with E-state index >= 15 is 0 Å². The van der Waals surface area contributed by atoms with Crippen molar-refractivity contribution in [3.05, 3.63) is 0 Å². The zero-order valence-corrected chi connectivity index (χ0v) is 5.23. The monoisotopic (exact) mass is 115 g/mol. The predicted molar refractivity (Wildman–Crippen MR) is 34.2 cm³/mol. The molecule has 0 saturated carbocycles. The van der Waals surface area contributed by atoms with Crippen LogP contribution in [0.5, 0.6) is 0 Å². The zero-order valence-electron chi connectivity index (χ0n) is 5.23. The van der Waals surface area contributed by atoms with Gasteiger partial charge < -0.3 is 4.81 Å². The van der Waals surface area contributed by atoms with Crippen molar-refractivity contribution in [2.75, 3.05) is 13.1 Å². The van der Waals surface area contributed by atoms with Gasteiger partial charge in [-0.2, -0.15) is 0 Å². The minimum Gasteiger partial charge on any atom is -0.348 e. The van der Waals surface area contributed by atoms with Crippen molar-refractivity contribution in [3.8, 4) is 0 Å². The lowest BCUT2D eigenvalue weighted by molar-refractivity contribution is 0.214. The lowest BCUT2D eigenvalue weighted by atomic mass is 10.1. The van der Waals surface area contributed by atoms with E-state index in [0.717, 1.165) is 25.9 Å². The van der Waals surface area contributed by atoms with E-state index < -0.39 is 6.17 Å². The Labute approximate surface area is 50.3 Å². The van der Waals surface area contributed by atoms with Crippen LogP contribution in [0.4, 0.5) is 4.39 Å². The average molecular weight is 115 g/mol. The normalized spacial score (nSPS) is 26.1. The second-order valence-electron chi connectivity index (χ2n) is 2.48. The first-order valence-electron chi connectivity index (χ1n) is 3.11. The van der Waals surface area contributed by atoms with Gasteiger partial charge in [-0.1, -0.05) is 0 Å². The van der Waals surface area contributed by atoms with Gasteiger partial charge in [-0.25, -0.2) is 4.39 Å². The molecule has 1 rings (SSSR count). The van der Waals surface area contributed by atoms with Gasteiger partial charge in [0.1, 0.15) is 6.17 Å². The van der Waals surface area contributed by atoms with Crippen LogP contribution in [-0.4, -0.2) is 32.1 Å². The number of hydrogen-bond acceptors (Lipinski definition) is 1. The van der Waals surface area contributed by atoms with Crippen LogP contribution in [0.2, 0.25) is 0 Å². The largest absolute Gasteiger partial charge is 0.348 e. The molecular formula is C5H11BFN. The number of piperidine rings is 1. The molecular weight excluding hydrogens is 104 g/mol. The number of alkyl halides is 1. The maximum Gasteiger partial charge on any atom is 0.185 e. The van der Waals surface area contributed by atoms with Crippen molar-refractivity contribution in [2.24, 2.45) is 0 Å². The van der Waals surface area contributed by atoms with Crippen LogP contribution in [0.1, 0.15) is 12.8 Å². The van der Waals surface area contributed by atoms with Crippen LogP contribution in [0.15, 0.2) is 0 Å². The third kappa shape index (κ3) is 1.48. The molecule has 1 aliphatic rings. The molecule has 1 saturated heterocycles. The van der Waals surface area contributed by atoms with Crippen LogP contribution >= 0.6 is 0 Å². The van der Waals surface area contributed by atoms with Gasteiger partial charge >= 0.3 is 0 Å². The molecule has 1 nitrogen and oxygen atoms in total. The highest BCUT2D eigenvalue weighted by Crippen LogP contribution is 2.10. The Kier molecular flexibility index (Phi) is 1.89. The molecule has 0 aromatic rings. The van der Waals surface area contributed by atoms with E-state index in [9.17, 15) is 4.39 Å². The summed E-state index contributed by atoms with van der Waals surface area (Å²) in [7, 11) is 2.03. The summed E-state index contributed by atoms with van der Waals surface area (Å²) < 4.78 is 12.3. The Bertz CT molecular complexity index is 60.8. The third-order valence-corrected chi connectivity index (χ3v) is 1.65. The molecule has 0 amide bonds. The zero-order chi connectivity index (χ0) is 5.98. The van der Waals surface area contributed by atoms with Crippen molar-refractivity contribution in [1.29, 1.82) is 0 Å². The summed E-state index contributed by atoms with van der Waals surface area (Å²) in [5.41, 5.74) is 0. The molecule has 0 unspecified atom stereocenters. The Balaban J connectivity index is 2.19. The maximum atomic E-state index is 12.3. The Morgan fingerprint density at radius 2 is 1.88 bits per heavy atom. The standard InChI is InChI=1S/C5H11BFN/c6-8-3-1-5(7)2-4-8/h5H,1-4,6H2. The first kappa shape index (κ1) is 6.08. The summed E-state index contributed by atoms with van der Waals surface area (Å²) in [5.74, 6) is 0. The van der Waals surface area contributed by atoms with Crippen molar-refractivity contribution in [3.63, 3.8) is 0 Å². The van der Waals surface area contributed by atoms with E-state index in [-0.39, 0.29) is 0 Å². The topological polar surface area (TPSA) is 3.24 Å².